The standard InChI is InChI=1S/C19H20N2O2/c1-13-8-9-17-15(10-13)16-11-19(2,23-17)21(18(22)20-16)12-14-6-4-3-5-7-14/h3-10,16H,11-12H2,1-2H3,(H,20,22)/t16-,19-/m0/s1. The second-order valence-corrected chi connectivity index (χ2v) is 6.60. The first-order chi connectivity index (χ1) is 11.0. The van der Waals surface area contributed by atoms with E-state index in [2.05, 4.69) is 18.3 Å². The van der Waals surface area contributed by atoms with Gasteiger partial charge in [-0.25, -0.2) is 4.79 Å². The van der Waals surface area contributed by atoms with Crippen molar-refractivity contribution in [2.75, 3.05) is 0 Å². The van der Waals surface area contributed by atoms with Gasteiger partial charge in [-0.1, -0.05) is 48.0 Å². The van der Waals surface area contributed by atoms with Gasteiger partial charge in [-0.2, -0.15) is 0 Å². The van der Waals surface area contributed by atoms with Gasteiger partial charge >= 0.3 is 6.03 Å². The zero-order valence-corrected chi connectivity index (χ0v) is 13.4. The number of carbonyl (C=O) groups excluding carboxylic acids is 1. The van der Waals surface area contributed by atoms with Gasteiger partial charge in [0.1, 0.15) is 5.75 Å². The zero-order valence-electron chi connectivity index (χ0n) is 13.4. The van der Waals surface area contributed by atoms with Crippen LogP contribution in [0.1, 0.15) is 36.1 Å². The summed E-state index contributed by atoms with van der Waals surface area (Å²) in [5, 5.41) is 3.13. The number of rotatable bonds is 2. The Morgan fingerprint density at radius 2 is 2.04 bits per heavy atom. The molecule has 2 aliphatic heterocycles. The minimum atomic E-state index is -0.620. The summed E-state index contributed by atoms with van der Waals surface area (Å²) in [6.07, 6.45) is 0.752. The van der Waals surface area contributed by atoms with Crippen LogP contribution in [0.25, 0.3) is 0 Å². The van der Waals surface area contributed by atoms with Crippen molar-refractivity contribution >= 4 is 6.03 Å². The molecule has 4 nitrogen and oxygen atoms in total. The minimum Gasteiger partial charge on any atom is -0.468 e. The highest BCUT2D eigenvalue weighted by atomic mass is 16.5. The van der Waals surface area contributed by atoms with Gasteiger partial charge in [-0.3, -0.25) is 4.90 Å². The first-order valence-electron chi connectivity index (χ1n) is 7.97. The van der Waals surface area contributed by atoms with Gasteiger partial charge in [0.15, 0.2) is 5.72 Å². The molecule has 0 aliphatic carbocycles. The smallest absolute Gasteiger partial charge is 0.321 e. The number of hydrogen-bond acceptors (Lipinski definition) is 2. The molecule has 2 aromatic rings. The molecule has 1 fully saturated rings. The van der Waals surface area contributed by atoms with Crippen molar-refractivity contribution in [1.82, 2.24) is 10.2 Å². The van der Waals surface area contributed by atoms with Crippen LogP contribution < -0.4 is 10.1 Å². The van der Waals surface area contributed by atoms with E-state index in [1.165, 1.54) is 5.56 Å². The lowest BCUT2D eigenvalue weighted by molar-refractivity contribution is -0.0879. The predicted molar refractivity (Wildman–Crippen MR) is 88.1 cm³/mol. The molecule has 0 unspecified atom stereocenters. The van der Waals surface area contributed by atoms with Gasteiger partial charge in [0.2, 0.25) is 0 Å². The number of nitrogens with one attached hydrogen (secondary N) is 1. The molecule has 0 saturated carbocycles. The molecule has 2 heterocycles. The molecular formula is C19H20N2O2. The number of aryl methyl sites for hydroxylation is 1. The number of carbonyl (C=O) groups is 1. The van der Waals surface area contributed by atoms with Crippen LogP contribution in [0.2, 0.25) is 0 Å². The molecule has 0 spiro atoms. The molecule has 0 radical (unpaired) electrons. The van der Waals surface area contributed by atoms with Crippen LogP contribution in [0.4, 0.5) is 4.79 Å². The molecule has 1 saturated heterocycles. The van der Waals surface area contributed by atoms with Gasteiger partial charge in [0.25, 0.3) is 0 Å². The van der Waals surface area contributed by atoms with E-state index in [-0.39, 0.29) is 12.1 Å². The number of ether oxygens (including phenoxy) is 1. The molecule has 2 atom stereocenters. The Kier molecular flexibility index (Phi) is 3.08. The third-order valence-electron chi connectivity index (χ3n) is 4.75. The Balaban J connectivity index is 1.69. The third-order valence-corrected chi connectivity index (χ3v) is 4.75. The van der Waals surface area contributed by atoms with Gasteiger partial charge < -0.3 is 10.1 Å². The van der Waals surface area contributed by atoms with Crippen molar-refractivity contribution in [2.24, 2.45) is 0 Å². The van der Waals surface area contributed by atoms with Gasteiger partial charge in [0.05, 0.1) is 12.6 Å². The van der Waals surface area contributed by atoms with Crippen LogP contribution in [0.3, 0.4) is 0 Å². The summed E-state index contributed by atoms with van der Waals surface area (Å²) in [5.41, 5.74) is 2.73. The van der Waals surface area contributed by atoms with Crippen molar-refractivity contribution in [3.8, 4) is 5.75 Å². The summed E-state index contributed by atoms with van der Waals surface area (Å²) >= 11 is 0. The molecule has 23 heavy (non-hydrogen) atoms. The fourth-order valence-electron chi connectivity index (χ4n) is 3.54. The molecule has 4 rings (SSSR count). The second kappa shape index (κ2) is 5.01. The van der Waals surface area contributed by atoms with E-state index in [1.807, 2.05) is 49.4 Å². The summed E-state index contributed by atoms with van der Waals surface area (Å²) in [7, 11) is 0. The van der Waals surface area contributed by atoms with Crippen LogP contribution >= 0.6 is 0 Å². The van der Waals surface area contributed by atoms with Gasteiger partial charge in [-0.05, 0) is 25.5 Å². The fourth-order valence-corrected chi connectivity index (χ4v) is 3.54. The SMILES string of the molecule is Cc1ccc2c(c1)[C@@H]1C[C@](C)(O2)N(Cc2ccccc2)C(=O)N1. The van der Waals surface area contributed by atoms with Crippen LogP contribution in [0.5, 0.6) is 5.75 Å². The summed E-state index contributed by atoms with van der Waals surface area (Å²) < 4.78 is 6.27. The van der Waals surface area contributed by atoms with E-state index < -0.39 is 5.72 Å². The van der Waals surface area contributed by atoms with Crippen molar-refractivity contribution in [3.63, 3.8) is 0 Å². The third kappa shape index (κ3) is 2.34. The van der Waals surface area contributed by atoms with Crippen molar-refractivity contribution < 1.29 is 9.53 Å². The quantitative estimate of drug-likeness (QED) is 0.918. The van der Waals surface area contributed by atoms with E-state index in [4.69, 9.17) is 4.74 Å². The maximum absolute atomic E-state index is 12.6. The molecule has 2 bridgehead atoms. The van der Waals surface area contributed by atoms with E-state index in [9.17, 15) is 4.79 Å². The predicted octanol–water partition coefficient (Wildman–Crippen LogP) is 3.76. The average Bonchev–Trinajstić information content (AvgIpc) is 2.53. The lowest BCUT2D eigenvalue weighted by Gasteiger charge is -2.50. The Morgan fingerprint density at radius 1 is 1.26 bits per heavy atom. The summed E-state index contributed by atoms with van der Waals surface area (Å²) in [6, 6.07) is 16.1. The maximum atomic E-state index is 12.6. The Hall–Kier alpha value is -2.49. The fraction of sp³-hybridized carbons (Fsp3) is 0.316. The maximum Gasteiger partial charge on any atom is 0.321 e. The molecule has 1 N–H and O–H groups in total. The van der Waals surface area contributed by atoms with E-state index in [0.29, 0.717) is 6.54 Å². The first-order valence-corrected chi connectivity index (χ1v) is 7.97. The van der Waals surface area contributed by atoms with Crippen molar-refractivity contribution in [3.05, 3.63) is 65.2 Å². The van der Waals surface area contributed by atoms with E-state index in [0.717, 1.165) is 23.3 Å². The molecule has 2 aliphatic rings. The summed E-state index contributed by atoms with van der Waals surface area (Å²) in [6.45, 7) is 4.60. The average molecular weight is 308 g/mol. The second-order valence-electron chi connectivity index (χ2n) is 6.60. The first kappa shape index (κ1) is 14.1. The number of hydrogen-bond donors (Lipinski definition) is 1. The molecule has 118 valence electrons. The summed E-state index contributed by atoms with van der Waals surface area (Å²) in [4.78, 5) is 14.4. The monoisotopic (exact) mass is 308 g/mol. The van der Waals surface area contributed by atoms with E-state index in [1.54, 1.807) is 4.90 Å². The normalized spacial score (nSPS) is 25.4. The largest absolute Gasteiger partial charge is 0.468 e. The lowest BCUT2D eigenvalue weighted by Crippen LogP contribution is -2.64. The Labute approximate surface area is 136 Å². The molecule has 2 aromatic carbocycles. The molecule has 0 aromatic heterocycles. The van der Waals surface area contributed by atoms with Crippen molar-refractivity contribution in [2.45, 2.75) is 38.6 Å². The molecular weight excluding hydrogens is 288 g/mol. The number of benzene rings is 2. The highest BCUT2D eigenvalue weighted by Gasteiger charge is 2.48. The van der Waals surface area contributed by atoms with Crippen LogP contribution in [-0.2, 0) is 6.54 Å². The molecule has 4 heteroatoms. The van der Waals surface area contributed by atoms with Crippen molar-refractivity contribution in [1.29, 1.82) is 0 Å². The number of urea groups is 1. The number of amides is 2. The Morgan fingerprint density at radius 3 is 2.83 bits per heavy atom. The minimum absolute atomic E-state index is 0.0168. The highest BCUT2D eigenvalue weighted by Crippen LogP contribution is 2.44. The lowest BCUT2D eigenvalue weighted by atomic mass is 9.89. The van der Waals surface area contributed by atoms with Gasteiger partial charge in [0, 0.05) is 12.0 Å². The molecule has 2 amide bonds. The van der Waals surface area contributed by atoms with Crippen LogP contribution in [0, 0.1) is 6.92 Å². The summed E-state index contributed by atoms with van der Waals surface area (Å²) in [5.74, 6) is 0.868. The zero-order chi connectivity index (χ0) is 16.0. The topological polar surface area (TPSA) is 41.6 Å². The van der Waals surface area contributed by atoms with Gasteiger partial charge in [-0.15, -0.1) is 0 Å². The van der Waals surface area contributed by atoms with Crippen LogP contribution in [0.15, 0.2) is 48.5 Å². The van der Waals surface area contributed by atoms with E-state index >= 15 is 0 Å². The number of nitrogens with zero attached hydrogens (tertiary/aromatic N) is 1. The highest BCUT2D eigenvalue weighted by molar-refractivity contribution is 5.77. The number of fused-ring (bicyclic) bond motifs is 4. The Bertz CT molecular complexity index is 759. The van der Waals surface area contributed by atoms with Crippen LogP contribution in [-0.4, -0.2) is 16.7 Å².